The molecule has 0 spiro atoms. The zero-order chi connectivity index (χ0) is 10.8. The Bertz CT molecular complexity index is 373. The highest BCUT2D eigenvalue weighted by atomic mass is 35.5. The van der Waals surface area contributed by atoms with Crippen LogP contribution in [-0.2, 0) is 9.47 Å². The molecule has 0 saturated carbocycles. The summed E-state index contributed by atoms with van der Waals surface area (Å²) in [5, 5.41) is 0.0480. The molecule has 1 fully saturated rings. The Balaban J connectivity index is 2.10. The number of carbonyl (C=O) groups excluding carboxylic acids is 1. The average molecular weight is 229 g/mol. The van der Waals surface area contributed by atoms with Crippen molar-refractivity contribution in [2.24, 2.45) is 0 Å². The van der Waals surface area contributed by atoms with Crippen molar-refractivity contribution in [1.82, 2.24) is 9.97 Å². The minimum Gasteiger partial charge on any atom is -0.453 e. The van der Waals surface area contributed by atoms with Crippen LogP contribution in [0.15, 0.2) is 6.07 Å². The predicted molar refractivity (Wildman–Crippen MR) is 51.8 cm³/mol. The van der Waals surface area contributed by atoms with Gasteiger partial charge in [0.15, 0.2) is 5.69 Å². The van der Waals surface area contributed by atoms with E-state index < -0.39 is 5.97 Å². The Morgan fingerprint density at radius 3 is 2.87 bits per heavy atom. The number of ether oxygens (including phenoxy) is 2. The summed E-state index contributed by atoms with van der Waals surface area (Å²) in [4.78, 5) is 19.2. The Kier molecular flexibility index (Phi) is 2.83. The number of halogens is 1. The van der Waals surface area contributed by atoms with Gasteiger partial charge in [-0.2, -0.15) is 0 Å². The summed E-state index contributed by atoms with van der Waals surface area (Å²) in [6, 6.07) is 1.54. The maximum atomic E-state index is 11.5. The number of nitrogens with zero attached hydrogens (tertiary/aromatic N) is 2. The second-order valence-corrected chi connectivity index (χ2v) is 3.57. The third-order valence-electron chi connectivity index (χ3n) is 1.92. The summed E-state index contributed by atoms with van der Waals surface area (Å²) in [5.41, 5.74) is 0.811. The van der Waals surface area contributed by atoms with Crippen molar-refractivity contribution < 1.29 is 14.3 Å². The molecule has 15 heavy (non-hydrogen) atoms. The van der Waals surface area contributed by atoms with E-state index in [-0.39, 0.29) is 17.1 Å². The van der Waals surface area contributed by atoms with E-state index in [2.05, 4.69) is 9.97 Å². The van der Waals surface area contributed by atoms with Crippen LogP contribution in [0.5, 0.6) is 0 Å². The molecule has 0 radical (unpaired) electrons. The third-order valence-corrected chi connectivity index (χ3v) is 2.09. The molecule has 0 amide bonds. The molecule has 2 rings (SSSR count). The van der Waals surface area contributed by atoms with E-state index in [0.717, 1.165) is 0 Å². The Morgan fingerprint density at radius 2 is 2.33 bits per heavy atom. The van der Waals surface area contributed by atoms with Gasteiger partial charge in [0, 0.05) is 5.69 Å². The van der Waals surface area contributed by atoms with Gasteiger partial charge in [-0.1, -0.05) is 0 Å². The second-order valence-electron chi connectivity index (χ2n) is 3.23. The summed E-state index contributed by atoms with van der Waals surface area (Å²) in [7, 11) is 0. The largest absolute Gasteiger partial charge is 0.453 e. The van der Waals surface area contributed by atoms with Crippen LogP contribution in [0.4, 0.5) is 0 Å². The maximum Gasteiger partial charge on any atom is 0.357 e. The summed E-state index contributed by atoms with van der Waals surface area (Å²) in [6.45, 7) is 2.63. The van der Waals surface area contributed by atoms with Gasteiger partial charge >= 0.3 is 5.97 Å². The van der Waals surface area contributed by atoms with Crippen molar-refractivity contribution in [2.75, 3.05) is 13.2 Å². The normalized spacial score (nSPS) is 15.9. The smallest absolute Gasteiger partial charge is 0.357 e. The molecule has 0 aromatic carbocycles. The summed E-state index contributed by atoms with van der Waals surface area (Å²) in [6.07, 6.45) is -0.161. The van der Waals surface area contributed by atoms with Crippen LogP contribution < -0.4 is 0 Å². The minimum atomic E-state index is -0.490. The van der Waals surface area contributed by atoms with Gasteiger partial charge in [0.2, 0.25) is 5.28 Å². The van der Waals surface area contributed by atoms with Gasteiger partial charge in [-0.15, -0.1) is 0 Å². The van der Waals surface area contributed by atoms with Gasteiger partial charge in [0.25, 0.3) is 0 Å². The number of rotatable bonds is 2. The van der Waals surface area contributed by atoms with Crippen molar-refractivity contribution in [3.63, 3.8) is 0 Å². The molecule has 2 heterocycles. The fourth-order valence-corrected chi connectivity index (χ4v) is 1.36. The molecule has 80 valence electrons. The van der Waals surface area contributed by atoms with Crippen LogP contribution in [0.2, 0.25) is 5.28 Å². The van der Waals surface area contributed by atoms with E-state index in [9.17, 15) is 4.79 Å². The van der Waals surface area contributed by atoms with Crippen molar-refractivity contribution >= 4 is 17.6 Å². The Morgan fingerprint density at radius 1 is 1.60 bits per heavy atom. The number of hydrogen-bond acceptors (Lipinski definition) is 5. The Labute approximate surface area is 91.4 Å². The van der Waals surface area contributed by atoms with Crippen LogP contribution in [-0.4, -0.2) is 35.3 Å². The average Bonchev–Trinajstić information content (AvgIpc) is 2.09. The lowest BCUT2D eigenvalue weighted by atomic mass is 10.3. The molecule has 0 bridgehead atoms. The highest BCUT2D eigenvalue weighted by molar-refractivity contribution is 6.28. The zero-order valence-electron chi connectivity index (χ0n) is 8.07. The van der Waals surface area contributed by atoms with Crippen molar-refractivity contribution in [3.8, 4) is 0 Å². The summed E-state index contributed by atoms with van der Waals surface area (Å²) >= 11 is 5.62. The molecule has 5 nitrogen and oxygen atoms in total. The standard InChI is InChI=1S/C9H9ClN2O3/c1-5-2-7(12-9(10)11-5)8(13)15-6-3-14-4-6/h2,6H,3-4H2,1H3. The molecule has 1 aliphatic heterocycles. The van der Waals surface area contributed by atoms with Crippen molar-refractivity contribution in [1.29, 1.82) is 0 Å². The fourth-order valence-electron chi connectivity index (χ4n) is 1.13. The van der Waals surface area contributed by atoms with Crippen LogP contribution in [0, 0.1) is 6.92 Å². The lowest BCUT2D eigenvalue weighted by Crippen LogP contribution is -2.38. The van der Waals surface area contributed by atoms with Crippen LogP contribution in [0.25, 0.3) is 0 Å². The van der Waals surface area contributed by atoms with E-state index >= 15 is 0 Å². The molecule has 0 unspecified atom stereocenters. The zero-order valence-corrected chi connectivity index (χ0v) is 8.82. The first kappa shape index (κ1) is 10.3. The van der Waals surface area contributed by atoms with Gasteiger partial charge in [0.1, 0.15) is 6.10 Å². The first-order chi connectivity index (χ1) is 7.15. The third kappa shape index (κ3) is 2.43. The molecule has 0 atom stereocenters. The van der Waals surface area contributed by atoms with Gasteiger partial charge in [-0.25, -0.2) is 14.8 Å². The highest BCUT2D eigenvalue weighted by Gasteiger charge is 2.24. The van der Waals surface area contributed by atoms with Crippen LogP contribution >= 0.6 is 11.6 Å². The number of aromatic nitrogens is 2. The molecular weight excluding hydrogens is 220 g/mol. The van der Waals surface area contributed by atoms with Crippen LogP contribution in [0.3, 0.4) is 0 Å². The second kappa shape index (κ2) is 4.12. The molecule has 1 aromatic rings. The Hall–Kier alpha value is -1.20. The number of hydrogen-bond donors (Lipinski definition) is 0. The van der Waals surface area contributed by atoms with Crippen molar-refractivity contribution in [2.45, 2.75) is 13.0 Å². The molecular formula is C9H9ClN2O3. The molecule has 1 saturated heterocycles. The SMILES string of the molecule is Cc1cc(C(=O)OC2COC2)nc(Cl)n1. The van der Waals surface area contributed by atoms with E-state index in [1.165, 1.54) is 6.07 Å². The summed E-state index contributed by atoms with van der Waals surface area (Å²) in [5.74, 6) is -0.490. The summed E-state index contributed by atoms with van der Waals surface area (Å²) < 4.78 is 9.95. The maximum absolute atomic E-state index is 11.5. The van der Waals surface area contributed by atoms with E-state index in [1.54, 1.807) is 6.92 Å². The number of esters is 1. The van der Waals surface area contributed by atoms with Gasteiger partial charge in [-0.05, 0) is 24.6 Å². The molecule has 0 N–H and O–H groups in total. The molecule has 1 aliphatic rings. The first-order valence-electron chi connectivity index (χ1n) is 4.45. The van der Waals surface area contributed by atoms with E-state index in [4.69, 9.17) is 21.1 Å². The lowest BCUT2D eigenvalue weighted by Gasteiger charge is -2.25. The monoisotopic (exact) mass is 228 g/mol. The fraction of sp³-hybridized carbons (Fsp3) is 0.444. The van der Waals surface area contributed by atoms with E-state index in [0.29, 0.717) is 18.9 Å². The number of aryl methyl sites for hydroxylation is 1. The molecule has 6 heteroatoms. The highest BCUT2D eigenvalue weighted by Crippen LogP contribution is 2.11. The van der Waals surface area contributed by atoms with Crippen molar-refractivity contribution in [3.05, 3.63) is 22.7 Å². The quantitative estimate of drug-likeness (QED) is 0.558. The minimum absolute atomic E-state index is 0.0480. The van der Waals surface area contributed by atoms with E-state index in [1.807, 2.05) is 0 Å². The van der Waals surface area contributed by atoms with Gasteiger partial charge in [-0.3, -0.25) is 0 Å². The van der Waals surface area contributed by atoms with Gasteiger partial charge < -0.3 is 9.47 Å². The first-order valence-corrected chi connectivity index (χ1v) is 4.83. The predicted octanol–water partition coefficient (Wildman–Crippen LogP) is 0.994. The van der Waals surface area contributed by atoms with Crippen LogP contribution in [0.1, 0.15) is 16.2 Å². The molecule has 0 aliphatic carbocycles. The lowest BCUT2D eigenvalue weighted by molar-refractivity contribution is -0.103. The molecule has 1 aromatic heterocycles. The van der Waals surface area contributed by atoms with Gasteiger partial charge in [0.05, 0.1) is 13.2 Å². The topological polar surface area (TPSA) is 61.3 Å². The number of carbonyl (C=O) groups is 1.